The van der Waals surface area contributed by atoms with Crippen LogP contribution in [0.3, 0.4) is 0 Å². The van der Waals surface area contributed by atoms with E-state index in [9.17, 15) is 0 Å². The number of hydrogen-bond acceptors (Lipinski definition) is 3. The van der Waals surface area contributed by atoms with Gasteiger partial charge < -0.3 is 15.8 Å². The molecule has 1 aliphatic carbocycles. The van der Waals surface area contributed by atoms with E-state index in [1.165, 1.54) is 18.4 Å². The fourth-order valence-corrected chi connectivity index (χ4v) is 2.16. The Labute approximate surface area is 103 Å². The Hall–Kier alpha value is -1.06. The third kappa shape index (κ3) is 3.45. The minimum Gasteiger partial charge on any atom is -0.497 e. The molecule has 0 aliphatic heterocycles. The van der Waals surface area contributed by atoms with Crippen molar-refractivity contribution in [3.05, 3.63) is 29.8 Å². The molecule has 1 aliphatic rings. The Morgan fingerprint density at radius 2 is 2.06 bits per heavy atom. The highest BCUT2D eigenvalue weighted by atomic mass is 16.5. The lowest BCUT2D eigenvalue weighted by atomic mass is 10.0. The molecule has 0 aromatic heterocycles. The van der Waals surface area contributed by atoms with Gasteiger partial charge in [-0.05, 0) is 56.0 Å². The smallest absolute Gasteiger partial charge is 0.118 e. The zero-order valence-corrected chi connectivity index (χ0v) is 10.5. The molecule has 3 heteroatoms. The molecule has 1 saturated carbocycles. The standard InChI is InChI=1S/C14H22N2O/c1-17-13-7-5-12(6-8-13)14(11-3-4-11)16-10-2-9-15/h5-8,11,14,16H,2-4,9-10,15H2,1H3. The maximum absolute atomic E-state index is 5.53. The first kappa shape index (κ1) is 12.4. The number of nitrogens with two attached hydrogens (primary N) is 1. The predicted molar refractivity (Wildman–Crippen MR) is 70.1 cm³/mol. The molecule has 1 fully saturated rings. The second-order valence-corrected chi connectivity index (χ2v) is 4.68. The maximum atomic E-state index is 5.53. The van der Waals surface area contributed by atoms with E-state index in [1.54, 1.807) is 7.11 Å². The van der Waals surface area contributed by atoms with Crippen LogP contribution in [0.5, 0.6) is 5.75 Å². The summed E-state index contributed by atoms with van der Waals surface area (Å²) >= 11 is 0. The van der Waals surface area contributed by atoms with Gasteiger partial charge in [0.25, 0.3) is 0 Å². The second-order valence-electron chi connectivity index (χ2n) is 4.68. The van der Waals surface area contributed by atoms with Gasteiger partial charge in [0, 0.05) is 6.04 Å². The van der Waals surface area contributed by atoms with E-state index in [2.05, 4.69) is 17.4 Å². The molecule has 0 saturated heterocycles. The zero-order valence-electron chi connectivity index (χ0n) is 10.5. The van der Waals surface area contributed by atoms with Gasteiger partial charge in [0.05, 0.1) is 7.11 Å². The lowest BCUT2D eigenvalue weighted by Crippen LogP contribution is -2.25. The molecule has 0 bridgehead atoms. The van der Waals surface area contributed by atoms with Crippen LogP contribution < -0.4 is 15.8 Å². The third-order valence-electron chi connectivity index (χ3n) is 3.31. The van der Waals surface area contributed by atoms with Crippen LogP contribution in [0.25, 0.3) is 0 Å². The molecular weight excluding hydrogens is 212 g/mol. The fraction of sp³-hybridized carbons (Fsp3) is 0.571. The van der Waals surface area contributed by atoms with Crippen molar-refractivity contribution in [1.29, 1.82) is 0 Å². The van der Waals surface area contributed by atoms with Crippen molar-refractivity contribution in [3.8, 4) is 5.75 Å². The van der Waals surface area contributed by atoms with Gasteiger partial charge in [-0.2, -0.15) is 0 Å². The van der Waals surface area contributed by atoms with E-state index in [4.69, 9.17) is 10.5 Å². The Morgan fingerprint density at radius 1 is 1.35 bits per heavy atom. The minimum atomic E-state index is 0.493. The van der Waals surface area contributed by atoms with Crippen LogP contribution in [-0.4, -0.2) is 20.2 Å². The van der Waals surface area contributed by atoms with Crippen molar-refractivity contribution >= 4 is 0 Å². The van der Waals surface area contributed by atoms with Gasteiger partial charge in [-0.1, -0.05) is 12.1 Å². The van der Waals surface area contributed by atoms with Gasteiger partial charge >= 0.3 is 0 Å². The number of methoxy groups -OCH3 is 1. The summed E-state index contributed by atoms with van der Waals surface area (Å²) in [4.78, 5) is 0. The summed E-state index contributed by atoms with van der Waals surface area (Å²) in [5, 5.41) is 3.62. The highest BCUT2D eigenvalue weighted by molar-refractivity contribution is 5.30. The third-order valence-corrected chi connectivity index (χ3v) is 3.31. The first-order chi connectivity index (χ1) is 8.35. The summed E-state index contributed by atoms with van der Waals surface area (Å²) in [6.45, 7) is 1.76. The number of nitrogens with one attached hydrogen (secondary N) is 1. The summed E-state index contributed by atoms with van der Waals surface area (Å²) in [6, 6.07) is 8.89. The molecule has 3 N–H and O–H groups in total. The summed E-state index contributed by atoms with van der Waals surface area (Å²) < 4.78 is 5.19. The lowest BCUT2D eigenvalue weighted by molar-refractivity contribution is 0.413. The van der Waals surface area contributed by atoms with E-state index in [0.717, 1.165) is 31.2 Å². The first-order valence-electron chi connectivity index (χ1n) is 6.42. The number of ether oxygens (including phenoxy) is 1. The molecule has 17 heavy (non-hydrogen) atoms. The first-order valence-corrected chi connectivity index (χ1v) is 6.42. The molecule has 2 rings (SSSR count). The number of benzene rings is 1. The molecule has 1 atom stereocenters. The largest absolute Gasteiger partial charge is 0.497 e. The fourth-order valence-electron chi connectivity index (χ4n) is 2.16. The topological polar surface area (TPSA) is 47.3 Å². The summed E-state index contributed by atoms with van der Waals surface area (Å²) in [5.41, 5.74) is 6.89. The van der Waals surface area contributed by atoms with E-state index in [1.807, 2.05) is 12.1 Å². The van der Waals surface area contributed by atoms with Crippen LogP contribution in [0.15, 0.2) is 24.3 Å². The minimum absolute atomic E-state index is 0.493. The van der Waals surface area contributed by atoms with Crippen LogP contribution in [0.4, 0.5) is 0 Å². The average Bonchev–Trinajstić information content (AvgIpc) is 3.19. The number of hydrogen-bond donors (Lipinski definition) is 2. The molecule has 94 valence electrons. The van der Waals surface area contributed by atoms with Crippen molar-refractivity contribution in [3.63, 3.8) is 0 Å². The van der Waals surface area contributed by atoms with Crippen LogP contribution in [0.1, 0.15) is 30.9 Å². The van der Waals surface area contributed by atoms with Gasteiger partial charge in [0.2, 0.25) is 0 Å². The van der Waals surface area contributed by atoms with Gasteiger partial charge in [0.15, 0.2) is 0 Å². The van der Waals surface area contributed by atoms with Crippen molar-refractivity contribution in [2.75, 3.05) is 20.2 Å². The Morgan fingerprint density at radius 3 is 2.59 bits per heavy atom. The molecule has 0 spiro atoms. The number of rotatable bonds is 7. The van der Waals surface area contributed by atoms with Crippen molar-refractivity contribution in [2.45, 2.75) is 25.3 Å². The van der Waals surface area contributed by atoms with Crippen molar-refractivity contribution in [2.24, 2.45) is 11.7 Å². The van der Waals surface area contributed by atoms with Gasteiger partial charge in [-0.3, -0.25) is 0 Å². The molecule has 1 aromatic carbocycles. The van der Waals surface area contributed by atoms with E-state index >= 15 is 0 Å². The maximum Gasteiger partial charge on any atom is 0.118 e. The van der Waals surface area contributed by atoms with Crippen LogP contribution in [0, 0.1) is 5.92 Å². The van der Waals surface area contributed by atoms with E-state index in [-0.39, 0.29) is 0 Å². The molecule has 0 amide bonds. The molecule has 0 heterocycles. The molecule has 3 nitrogen and oxygen atoms in total. The molecule has 0 radical (unpaired) electrons. The normalized spacial score (nSPS) is 16.8. The van der Waals surface area contributed by atoms with Gasteiger partial charge in [-0.25, -0.2) is 0 Å². The van der Waals surface area contributed by atoms with Crippen molar-refractivity contribution < 1.29 is 4.74 Å². The highest BCUT2D eigenvalue weighted by Crippen LogP contribution is 2.41. The predicted octanol–water partition coefficient (Wildman–Crippen LogP) is 2.08. The van der Waals surface area contributed by atoms with E-state index in [0.29, 0.717) is 6.04 Å². The van der Waals surface area contributed by atoms with Crippen LogP contribution in [0.2, 0.25) is 0 Å². The monoisotopic (exact) mass is 234 g/mol. The van der Waals surface area contributed by atoms with Crippen LogP contribution >= 0.6 is 0 Å². The second kappa shape index (κ2) is 6.03. The lowest BCUT2D eigenvalue weighted by Gasteiger charge is -2.19. The SMILES string of the molecule is COc1ccc(C(NCCCN)C2CC2)cc1. The highest BCUT2D eigenvalue weighted by Gasteiger charge is 2.31. The zero-order chi connectivity index (χ0) is 12.1. The van der Waals surface area contributed by atoms with Gasteiger partial charge in [-0.15, -0.1) is 0 Å². The van der Waals surface area contributed by atoms with Crippen molar-refractivity contribution in [1.82, 2.24) is 5.32 Å². The van der Waals surface area contributed by atoms with Gasteiger partial charge in [0.1, 0.15) is 5.75 Å². The Bertz CT molecular complexity index is 333. The Kier molecular flexibility index (Phi) is 4.40. The summed E-state index contributed by atoms with van der Waals surface area (Å²) in [6.07, 6.45) is 3.72. The molecule has 1 aromatic rings. The quantitative estimate of drug-likeness (QED) is 0.710. The van der Waals surface area contributed by atoms with Crippen LogP contribution in [-0.2, 0) is 0 Å². The summed E-state index contributed by atoms with van der Waals surface area (Å²) in [5.74, 6) is 1.73. The molecule has 1 unspecified atom stereocenters. The average molecular weight is 234 g/mol. The van der Waals surface area contributed by atoms with E-state index < -0.39 is 0 Å². The Balaban J connectivity index is 1.98. The molecular formula is C14H22N2O. The summed E-state index contributed by atoms with van der Waals surface area (Å²) in [7, 11) is 1.70.